The molecule has 2 saturated carbocycles. The van der Waals surface area contributed by atoms with Gasteiger partial charge in [0, 0.05) is 11.3 Å². The maximum Gasteiger partial charge on any atom is 0.338 e. The summed E-state index contributed by atoms with van der Waals surface area (Å²) >= 11 is 0. The van der Waals surface area contributed by atoms with Crippen molar-refractivity contribution in [3.8, 4) is 0 Å². The molecule has 0 aromatic carbocycles. The van der Waals surface area contributed by atoms with E-state index in [1.165, 1.54) is 6.08 Å². The van der Waals surface area contributed by atoms with Crippen LogP contribution in [0.3, 0.4) is 0 Å². The molecule has 6 N–H and O–H groups in total. The molecular formula is C20H26O10. The van der Waals surface area contributed by atoms with Crippen molar-refractivity contribution in [1.29, 1.82) is 0 Å². The van der Waals surface area contributed by atoms with Gasteiger partial charge in [-0.05, 0) is 32.3 Å². The molecule has 0 aromatic heterocycles. The zero-order chi connectivity index (χ0) is 22.2. The molecule has 5 aliphatic rings. The van der Waals surface area contributed by atoms with Crippen LogP contribution in [0, 0.1) is 22.7 Å². The number of aliphatic hydroxyl groups is 6. The van der Waals surface area contributed by atoms with E-state index in [0.717, 1.165) is 6.92 Å². The second-order valence-corrected chi connectivity index (χ2v) is 10.0. The Morgan fingerprint density at radius 1 is 1.07 bits per heavy atom. The van der Waals surface area contributed by atoms with E-state index >= 15 is 0 Å². The Labute approximate surface area is 171 Å². The number of allylic oxidation sites excluding steroid dienone is 1. The van der Waals surface area contributed by atoms with E-state index in [-0.39, 0.29) is 6.42 Å². The summed E-state index contributed by atoms with van der Waals surface area (Å²) < 4.78 is 11.1. The number of carbonyl (C=O) groups excluding carboxylic acids is 2. The summed E-state index contributed by atoms with van der Waals surface area (Å²) in [6, 6.07) is 0. The normalized spacial score (nSPS) is 61.7. The fourth-order valence-electron chi connectivity index (χ4n) is 7.62. The van der Waals surface area contributed by atoms with E-state index in [1.54, 1.807) is 13.8 Å². The van der Waals surface area contributed by atoms with Gasteiger partial charge in [-0.2, -0.15) is 0 Å². The van der Waals surface area contributed by atoms with E-state index < -0.39 is 82.4 Å². The predicted octanol–water partition coefficient (Wildman–Crippen LogP) is -2.63. The Balaban J connectivity index is 1.86. The highest BCUT2D eigenvalue weighted by Gasteiger charge is 2.91. The number of rotatable bonds is 0. The van der Waals surface area contributed by atoms with Crippen molar-refractivity contribution in [3.63, 3.8) is 0 Å². The first-order valence-corrected chi connectivity index (χ1v) is 10.00. The van der Waals surface area contributed by atoms with Crippen molar-refractivity contribution in [3.05, 3.63) is 11.6 Å². The quantitative estimate of drug-likeness (QED) is 0.225. The third-order valence-corrected chi connectivity index (χ3v) is 8.93. The molecule has 2 bridgehead atoms. The van der Waals surface area contributed by atoms with E-state index in [1.807, 2.05) is 0 Å². The number of ketones is 1. The number of aliphatic hydroxyl groups excluding tert-OH is 3. The van der Waals surface area contributed by atoms with Crippen molar-refractivity contribution >= 4 is 11.8 Å². The molecule has 10 nitrogen and oxygen atoms in total. The molecule has 10 heteroatoms. The van der Waals surface area contributed by atoms with Gasteiger partial charge in [0.05, 0.1) is 12.0 Å². The van der Waals surface area contributed by atoms with Crippen molar-refractivity contribution in [2.75, 3.05) is 6.61 Å². The van der Waals surface area contributed by atoms with Crippen LogP contribution >= 0.6 is 0 Å². The van der Waals surface area contributed by atoms with Crippen LogP contribution in [0.2, 0.25) is 0 Å². The number of ether oxygens (including phenoxy) is 2. The summed E-state index contributed by atoms with van der Waals surface area (Å²) in [5.41, 5.74) is -7.92. The second kappa shape index (κ2) is 5.32. The van der Waals surface area contributed by atoms with Gasteiger partial charge in [-0.25, -0.2) is 4.79 Å². The van der Waals surface area contributed by atoms with Gasteiger partial charge in [0.15, 0.2) is 17.7 Å². The monoisotopic (exact) mass is 426 g/mol. The van der Waals surface area contributed by atoms with Crippen molar-refractivity contribution in [1.82, 2.24) is 0 Å². The molecule has 0 radical (unpaired) electrons. The minimum atomic E-state index is -2.68. The molecule has 2 heterocycles. The van der Waals surface area contributed by atoms with Crippen molar-refractivity contribution in [2.24, 2.45) is 22.7 Å². The third-order valence-electron chi connectivity index (χ3n) is 8.93. The summed E-state index contributed by atoms with van der Waals surface area (Å²) in [6.07, 6.45) is -5.79. The minimum absolute atomic E-state index is 0.0616. The summed E-state index contributed by atoms with van der Waals surface area (Å²) in [5, 5.41) is 67.2. The molecule has 5 rings (SSSR count). The maximum atomic E-state index is 12.6. The molecule has 4 fully saturated rings. The first-order valence-electron chi connectivity index (χ1n) is 10.00. The zero-order valence-corrected chi connectivity index (χ0v) is 16.8. The number of hydrogen-bond acceptors (Lipinski definition) is 10. The molecule has 0 unspecified atom stereocenters. The third kappa shape index (κ3) is 1.69. The first kappa shape index (κ1) is 20.5. The Hall–Kier alpha value is -1.40. The second-order valence-electron chi connectivity index (χ2n) is 10.0. The summed E-state index contributed by atoms with van der Waals surface area (Å²) in [6.45, 7) is 3.77. The topological polar surface area (TPSA) is 174 Å². The molecule has 1 spiro atoms. The van der Waals surface area contributed by atoms with Gasteiger partial charge < -0.3 is 40.1 Å². The maximum absolute atomic E-state index is 12.6. The van der Waals surface area contributed by atoms with E-state index in [4.69, 9.17) is 9.47 Å². The average Bonchev–Trinajstić information content (AvgIpc) is 2.99. The van der Waals surface area contributed by atoms with Crippen molar-refractivity contribution < 1.29 is 49.7 Å². The Morgan fingerprint density at radius 3 is 2.33 bits per heavy atom. The standard InChI is InChI=1S/C20H26O10/c1-7-4-9(21)11(22)16(2)8(7)5-10-18-6-29-19(27,14(16)18)15(25)17(3,26)20(18,28)12(23)13(24)30-10/h4,8,10-12,14-15,22-23,25-28H,5-6H2,1-3H3/t8-,10-,11-,12+,14+,15-,16-,17-,18-,19-,20-/m1/s1. The molecule has 30 heavy (non-hydrogen) atoms. The van der Waals surface area contributed by atoms with Gasteiger partial charge in [0.2, 0.25) is 0 Å². The predicted molar refractivity (Wildman–Crippen MR) is 95.3 cm³/mol. The first-order chi connectivity index (χ1) is 13.7. The lowest BCUT2D eigenvalue weighted by atomic mass is 9.36. The van der Waals surface area contributed by atoms with Crippen molar-refractivity contribution in [2.45, 2.75) is 68.6 Å². The van der Waals surface area contributed by atoms with E-state index in [0.29, 0.717) is 5.57 Å². The lowest BCUT2D eigenvalue weighted by Gasteiger charge is -2.71. The SMILES string of the molecule is CC1=CC(=O)[C@@H](O)[C@@]2(C)[C@@H]1C[C@H]1OC(=O)[C@H](O)[C@]3(O)[C@]14CO[C@](O)([C@@H]24)[C@H](O)[C@@]3(C)O. The van der Waals surface area contributed by atoms with Gasteiger partial charge in [0.25, 0.3) is 0 Å². The highest BCUT2D eigenvalue weighted by atomic mass is 16.7. The smallest absolute Gasteiger partial charge is 0.338 e. The largest absolute Gasteiger partial charge is 0.460 e. The van der Waals surface area contributed by atoms with Crippen LogP contribution in [0.4, 0.5) is 0 Å². The van der Waals surface area contributed by atoms with Crippen LogP contribution in [0.5, 0.6) is 0 Å². The van der Waals surface area contributed by atoms with Crippen LogP contribution in [-0.4, -0.2) is 90.4 Å². The van der Waals surface area contributed by atoms with Gasteiger partial charge in [0.1, 0.15) is 29.5 Å². The van der Waals surface area contributed by atoms with Crippen LogP contribution in [-0.2, 0) is 19.1 Å². The van der Waals surface area contributed by atoms with Gasteiger partial charge >= 0.3 is 5.97 Å². The fraction of sp³-hybridized carbons (Fsp3) is 0.800. The zero-order valence-electron chi connectivity index (χ0n) is 16.8. The van der Waals surface area contributed by atoms with E-state index in [2.05, 4.69) is 0 Å². The van der Waals surface area contributed by atoms with Crippen LogP contribution in [0.1, 0.15) is 27.2 Å². The van der Waals surface area contributed by atoms with Crippen LogP contribution < -0.4 is 0 Å². The molecule has 0 amide bonds. The summed E-state index contributed by atoms with van der Waals surface area (Å²) in [4.78, 5) is 25.1. The molecular weight excluding hydrogens is 400 g/mol. The Morgan fingerprint density at radius 2 is 1.70 bits per heavy atom. The van der Waals surface area contributed by atoms with Gasteiger partial charge in [-0.15, -0.1) is 0 Å². The lowest BCUT2D eigenvalue weighted by Crippen LogP contribution is -2.89. The molecule has 166 valence electrons. The van der Waals surface area contributed by atoms with Crippen LogP contribution in [0.25, 0.3) is 0 Å². The molecule has 0 aromatic rings. The highest BCUT2D eigenvalue weighted by Crippen LogP contribution is 2.75. The Bertz CT molecular complexity index is 898. The van der Waals surface area contributed by atoms with Crippen LogP contribution in [0.15, 0.2) is 11.6 Å². The fourth-order valence-corrected chi connectivity index (χ4v) is 7.62. The summed E-state index contributed by atoms with van der Waals surface area (Å²) in [5.74, 6) is -6.18. The molecule has 2 aliphatic heterocycles. The number of carbonyl (C=O) groups is 2. The summed E-state index contributed by atoms with van der Waals surface area (Å²) in [7, 11) is 0. The Kier molecular flexibility index (Phi) is 3.63. The molecule has 11 atom stereocenters. The average molecular weight is 426 g/mol. The number of hydrogen-bond donors (Lipinski definition) is 6. The lowest BCUT2D eigenvalue weighted by molar-refractivity contribution is -0.409. The minimum Gasteiger partial charge on any atom is -0.460 e. The number of esters is 1. The van der Waals surface area contributed by atoms with E-state index in [9.17, 15) is 40.2 Å². The molecule has 3 aliphatic carbocycles. The van der Waals surface area contributed by atoms with Gasteiger partial charge in [-0.1, -0.05) is 12.5 Å². The highest BCUT2D eigenvalue weighted by molar-refractivity contribution is 5.96. The molecule has 2 saturated heterocycles. The van der Waals surface area contributed by atoms with Gasteiger partial charge in [-0.3, -0.25) is 4.79 Å². The number of fused-ring (bicyclic) bond motifs is 1.